The van der Waals surface area contributed by atoms with Gasteiger partial charge in [0, 0.05) is 6.42 Å². The van der Waals surface area contributed by atoms with Crippen molar-refractivity contribution in [2.45, 2.75) is 6.42 Å². The molecule has 0 unspecified atom stereocenters. The van der Waals surface area contributed by atoms with Crippen LogP contribution in [0.5, 0.6) is 0 Å². The van der Waals surface area contributed by atoms with E-state index < -0.39 is 17.5 Å². The van der Waals surface area contributed by atoms with Gasteiger partial charge in [0.2, 0.25) is 0 Å². The van der Waals surface area contributed by atoms with E-state index in [1.165, 1.54) is 6.07 Å². The second-order valence-corrected chi connectivity index (χ2v) is 3.50. The predicted molar refractivity (Wildman–Crippen MR) is 55.6 cm³/mol. The third-order valence-corrected chi connectivity index (χ3v) is 2.35. The summed E-state index contributed by atoms with van der Waals surface area (Å²) in [4.78, 5) is 0. The van der Waals surface area contributed by atoms with Crippen molar-refractivity contribution in [1.82, 2.24) is 0 Å². The van der Waals surface area contributed by atoms with Crippen LogP contribution in [-0.4, -0.2) is 0 Å². The average molecular weight is 222 g/mol. The Balaban J connectivity index is 2.33. The first-order valence-corrected chi connectivity index (χ1v) is 4.85. The van der Waals surface area contributed by atoms with Crippen LogP contribution in [0.15, 0.2) is 42.5 Å². The van der Waals surface area contributed by atoms with Crippen LogP contribution in [0, 0.1) is 17.5 Å². The molecule has 0 saturated carbocycles. The maximum absolute atomic E-state index is 13.3. The second-order valence-electron chi connectivity index (χ2n) is 3.50. The SMILES string of the molecule is Fc1ccc(Cc2ccccc2)c(F)c1F. The molecule has 0 N–H and O–H groups in total. The predicted octanol–water partition coefficient (Wildman–Crippen LogP) is 3.69. The molecule has 0 bridgehead atoms. The molecule has 0 aliphatic carbocycles. The summed E-state index contributed by atoms with van der Waals surface area (Å²) in [6, 6.07) is 11.3. The van der Waals surface area contributed by atoms with Gasteiger partial charge in [-0.05, 0) is 17.2 Å². The largest absolute Gasteiger partial charge is 0.204 e. The molecule has 2 aromatic carbocycles. The van der Waals surface area contributed by atoms with Gasteiger partial charge in [0.1, 0.15) is 0 Å². The molecule has 0 amide bonds. The molecule has 0 aliphatic rings. The minimum absolute atomic E-state index is 0.158. The zero-order valence-electron chi connectivity index (χ0n) is 8.38. The molecule has 16 heavy (non-hydrogen) atoms. The minimum Gasteiger partial charge on any atom is -0.204 e. The molecule has 82 valence electrons. The molecule has 0 fully saturated rings. The fourth-order valence-corrected chi connectivity index (χ4v) is 1.52. The highest BCUT2D eigenvalue weighted by Gasteiger charge is 2.13. The van der Waals surface area contributed by atoms with Crippen molar-refractivity contribution in [2.75, 3.05) is 0 Å². The molecule has 3 heteroatoms. The van der Waals surface area contributed by atoms with E-state index in [2.05, 4.69) is 0 Å². The first-order valence-electron chi connectivity index (χ1n) is 4.85. The van der Waals surface area contributed by atoms with E-state index in [1.807, 2.05) is 18.2 Å². The third-order valence-electron chi connectivity index (χ3n) is 2.35. The lowest BCUT2D eigenvalue weighted by molar-refractivity contribution is 0.442. The van der Waals surface area contributed by atoms with Gasteiger partial charge < -0.3 is 0 Å². The first-order chi connectivity index (χ1) is 7.68. The van der Waals surface area contributed by atoms with E-state index in [9.17, 15) is 13.2 Å². The maximum atomic E-state index is 13.3. The molecule has 0 aromatic heterocycles. The number of benzene rings is 2. The van der Waals surface area contributed by atoms with E-state index in [1.54, 1.807) is 12.1 Å². The smallest absolute Gasteiger partial charge is 0.194 e. The maximum Gasteiger partial charge on any atom is 0.194 e. The highest BCUT2D eigenvalue weighted by Crippen LogP contribution is 2.18. The summed E-state index contributed by atoms with van der Waals surface area (Å²) < 4.78 is 39.0. The van der Waals surface area contributed by atoms with Crippen molar-refractivity contribution >= 4 is 0 Å². The van der Waals surface area contributed by atoms with Gasteiger partial charge >= 0.3 is 0 Å². The molecule has 2 rings (SSSR count). The van der Waals surface area contributed by atoms with Crippen LogP contribution in [0.3, 0.4) is 0 Å². The van der Waals surface area contributed by atoms with Crippen LogP contribution in [0.2, 0.25) is 0 Å². The number of halogens is 3. The minimum atomic E-state index is -1.41. The molecule has 0 aliphatic heterocycles. The Morgan fingerprint density at radius 1 is 0.750 bits per heavy atom. The van der Waals surface area contributed by atoms with Gasteiger partial charge in [-0.2, -0.15) is 0 Å². The number of hydrogen-bond donors (Lipinski definition) is 0. The zero-order chi connectivity index (χ0) is 11.5. The summed E-state index contributed by atoms with van der Waals surface area (Å²) in [5, 5.41) is 0. The highest BCUT2D eigenvalue weighted by atomic mass is 19.2. The summed E-state index contributed by atoms with van der Waals surface area (Å²) >= 11 is 0. The van der Waals surface area contributed by atoms with Gasteiger partial charge in [-0.25, -0.2) is 13.2 Å². The molecule has 0 atom stereocenters. The molecule has 0 saturated heterocycles. The topological polar surface area (TPSA) is 0 Å². The molecular weight excluding hydrogens is 213 g/mol. The van der Waals surface area contributed by atoms with Crippen LogP contribution < -0.4 is 0 Å². The summed E-state index contributed by atoms with van der Waals surface area (Å²) in [5.74, 6) is -3.67. The van der Waals surface area contributed by atoms with E-state index in [0.29, 0.717) is 0 Å². The van der Waals surface area contributed by atoms with Crippen molar-refractivity contribution < 1.29 is 13.2 Å². The Bertz CT molecular complexity index is 492. The van der Waals surface area contributed by atoms with Gasteiger partial charge in [-0.3, -0.25) is 0 Å². The van der Waals surface area contributed by atoms with Gasteiger partial charge in [-0.1, -0.05) is 36.4 Å². The first kappa shape index (κ1) is 10.7. The Kier molecular flexibility index (Phi) is 2.95. The van der Waals surface area contributed by atoms with Crippen molar-refractivity contribution in [1.29, 1.82) is 0 Å². The Morgan fingerprint density at radius 2 is 1.44 bits per heavy atom. The Labute approximate surface area is 91.4 Å². The van der Waals surface area contributed by atoms with Crippen molar-refractivity contribution in [3.8, 4) is 0 Å². The lowest BCUT2D eigenvalue weighted by Crippen LogP contribution is -1.98. The van der Waals surface area contributed by atoms with Crippen molar-refractivity contribution in [3.05, 3.63) is 71.0 Å². The number of rotatable bonds is 2. The van der Waals surface area contributed by atoms with Gasteiger partial charge in [-0.15, -0.1) is 0 Å². The Hall–Kier alpha value is -1.77. The molecule has 0 nitrogen and oxygen atoms in total. The van der Waals surface area contributed by atoms with E-state index in [4.69, 9.17) is 0 Å². The standard InChI is InChI=1S/C13H9F3/c14-11-7-6-10(12(15)13(11)16)8-9-4-2-1-3-5-9/h1-7H,8H2. The lowest BCUT2D eigenvalue weighted by Gasteiger charge is -2.04. The fourth-order valence-electron chi connectivity index (χ4n) is 1.52. The Morgan fingerprint density at radius 3 is 2.12 bits per heavy atom. The van der Waals surface area contributed by atoms with Gasteiger partial charge in [0.15, 0.2) is 17.5 Å². The van der Waals surface area contributed by atoms with Gasteiger partial charge in [0.25, 0.3) is 0 Å². The second kappa shape index (κ2) is 4.39. The molecule has 2 aromatic rings. The molecule has 0 heterocycles. The van der Waals surface area contributed by atoms with Crippen LogP contribution in [-0.2, 0) is 6.42 Å². The fraction of sp³-hybridized carbons (Fsp3) is 0.0769. The quantitative estimate of drug-likeness (QED) is 0.680. The number of hydrogen-bond acceptors (Lipinski definition) is 0. The summed E-state index contributed by atoms with van der Waals surface area (Å²) in [5.41, 5.74) is 1.01. The van der Waals surface area contributed by atoms with Crippen LogP contribution in [0.25, 0.3) is 0 Å². The summed E-state index contributed by atoms with van der Waals surface area (Å²) in [6.45, 7) is 0. The monoisotopic (exact) mass is 222 g/mol. The highest BCUT2D eigenvalue weighted by molar-refractivity contribution is 5.28. The van der Waals surface area contributed by atoms with Crippen LogP contribution in [0.4, 0.5) is 13.2 Å². The van der Waals surface area contributed by atoms with Crippen molar-refractivity contribution in [2.24, 2.45) is 0 Å². The average Bonchev–Trinajstić information content (AvgIpc) is 2.31. The van der Waals surface area contributed by atoms with Gasteiger partial charge in [0.05, 0.1) is 0 Å². The molecule has 0 spiro atoms. The zero-order valence-corrected chi connectivity index (χ0v) is 8.38. The van der Waals surface area contributed by atoms with Crippen molar-refractivity contribution in [3.63, 3.8) is 0 Å². The molecular formula is C13H9F3. The van der Waals surface area contributed by atoms with Crippen LogP contribution >= 0.6 is 0 Å². The van der Waals surface area contributed by atoms with E-state index in [-0.39, 0.29) is 12.0 Å². The molecule has 0 radical (unpaired) electrons. The third kappa shape index (κ3) is 2.08. The summed E-state index contributed by atoms with van der Waals surface area (Å²) in [7, 11) is 0. The summed E-state index contributed by atoms with van der Waals surface area (Å²) in [6.07, 6.45) is 0.254. The lowest BCUT2D eigenvalue weighted by atomic mass is 10.0. The van der Waals surface area contributed by atoms with Crippen LogP contribution in [0.1, 0.15) is 11.1 Å². The van der Waals surface area contributed by atoms with E-state index >= 15 is 0 Å². The normalized spacial score (nSPS) is 10.4. The van der Waals surface area contributed by atoms with E-state index in [0.717, 1.165) is 11.6 Å².